The summed E-state index contributed by atoms with van der Waals surface area (Å²) in [6.45, 7) is 0.750. The van der Waals surface area contributed by atoms with Crippen molar-refractivity contribution in [2.75, 3.05) is 6.61 Å². The van der Waals surface area contributed by atoms with Crippen LogP contribution in [0.1, 0.15) is 26.4 Å². The second-order valence-electron chi connectivity index (χ2n) is 5.19. The Morgan fingerprint density at radius 3 is 2.56 bits per heavy atom. The van der Waals surface area contributed by atoms with E-state index in [0.29, 0.717) is 5.56 Å². The number of hydrogen-bond acceptors (Lipinski definition) is 6. The molecule has 2 amide bonds. The molecule has 0 aliphatic carbocycles. The van der Waals surface area contributed by atoms with E-state index in [4.69, 9.17) is 4.74 Å². The van der Waals surface area contributed by atoms with Crippen molar-refractivity contribution < 1.29 is 24.0 Å². The van der Waals surface area contributed by atoms with Gasteiger partial charge in [-0.2, -0.15) is 0 Å². The maximum atomic E-state index is 12.0. The van der Waals surface area contributed by atoms with E-state index in [2.05, 4.69) is 5.32 Å². The Balaban J connectivity index is 2.00. The van der Waals surface area contributed by atoms with Crippen LogP contribution in [0.15, 0.2) is 36.5 Å². The normalized spacial score (nSPS) is 10.2. The average Bonchev–Trinajstić information content (AvgIpc) is 2.98. The molecule has 9 nitrogen and oxygen atoms in total. The number of nitro benzene ring substituents is 1. The fourth-order valence-electron chi connectivity index (χ4n) is 2.20. The lowest BCUT2D eigenvalue weighted by atomic mass is 10.1. The topological polar surface area (TPSA) is 121 Å². The van der Waals surface area contributed by atoms with Gasteiger partial charge in [0.25, 0.3) is 17.5 Å². The lowest BCUT2D eigenvalue weighted by Gasteiger charge is -2.07. The Labute approximate surface area is 142 Å². The number of aromatic nitrogens is 1. The minimum Gasteiger partial charge on any atom is -0.452 e. The van der Waals surface area contributed by atoms with Gasteiger partial charge in [0.1, 0.15) is 11.3 Å². The number of para-hydroxylation sites is 1. The average molecular weight is 345 g/mol. The summed E-state index contributed by atoms with van der Waals surface area (Å²) in [6.07, 6.45) is 1.64. The molecule has 0 spiro atoms. The van der Waals surface area contributed by atoms with Crippen LogP contribution in [0.25, 0.3) is 0 Å². The summed E-state index contributed by atoms with van der Waals surface area (Å²) in [5.74, 6) is -2.50. The molecule has 0 saturated heterocycles. The quantitative estimate of drug-likeness (QED) is 0.496. The number of hydrogen-bond donors (Lipinski definition) is 1. The summed E-state index contributed by atoms with van der Waals surface area (Å²) in [7, 11) is 1.64. The van der Waals surface area contributed by atoms with E-state index in [1.165, 1.54) is 35.8 Å². The molecule has 25 heavy (non-hydrogen) atoms. The minimum absolute atomic E-state index is 0.258. The van der Waals surface area contributed by atoms with E-state index in [1.54, 1.807) is 19.3 Å². The summed E-state index contributed by atoms with van der Waals surface area (Å²) in [5.41, 5.74) is -0.0869. The maximum absolute atomic E-state index is 12.0. The largest absolute Gasteiger partial charge is 0.452 e. The third-order valence-corrected chi connectivity index (χ3v) is 3.40. The van der Waals surface area contributed by atoms with Crippen LogP contribution in [0.4, 0.5) is 5.69 Å². The van der Waals surface area contributed by atoms with Crippen molar-refractivity contribution in [1.29, 1.82) is 0 Å². The number of ether oxygens (including phenoxy) is 1. The predicted octanol–water partition coefficient (Wildman–Crippen LogP) is 1.36. The van der Waals surface area contributed by atoms with Crippen LogP contribution >= 0.6 is 0 Å². The van der Waals surface area contributed by atoms with Crippen molar-refractivity contribution in [3.8, 4) is 0 Å². The number of nitrogens with zero attached hydrogens (tertiary/aromatic N) is 2. The first kappa shape index (κ1) is 17.9. The first-order chi connectivity index (χ1) is 11.8. The van der Waals surface area contributed by atoms with Gasteiger partial charge in [-0.15, -0.1) is 0 Å². The highest BCUT2D eigenvalue weighted by atomic mass is 16.6. The molecule has 1 aromatic carbocycles. The molecular formula is C16H15N3O6. The lowest BCUT2D eigenvalue weighted by molar-refractivity contribution is -0.385. The standard InChI is InChI=1S/C16H15N3O6/c1-10-5-3-6-11(14(10)19(23)24)16(22)25-9-13(20)17-15(21)12-7-4-8-18(12)2/h3-8H,9H2,1-2H3,(H,17,20,21). The maximum Gasteiger partial charge on any atom is 0.345 e. The smallest absolute Gasteiger partial charge is 0.345 e. The first-order valence-electron chi connectivity index (χ1n) is 7.18. The third-order valence-electron chi connectivity index (χ3n) is 3.40. The van der Waals surface area contributed by atoms with E-state index in [-0.39, 0.29) is 16.9 Å². The molecule has 0 radical (unpaired) electrons. The molecule has 2 rings (SSSR count). The lowest BCUT2D eigenvalue weighted by Crippen LogP contribution is -2.35. The SMILES string of the molecule is Cc1cccc(C(=O)OCC(=O)NC(=O)c2cccn2C)c1[N+](=O)[O-]. The van der Waals surface area contributed by atoms with E-state index < -0.39 is 29.3 Å². The van der Waals surface area contributed by atoms with Crippen molar-refractivity contribution >= 4 is 23.5 Å². The highest BCUT2D eigenvalue weighted by molar-refractivity contribution is 6.05. The number of carbonyl (C=O) groups is 3. The number of nitro groups is 1. The first-order valence-corrected chi connectivity index (χ1v) is 7.18. The highest BCUT2D eigenvalue weighted by Crippen LogP contribution is 2.23. The molecular weight excluding hydrogens is 330 g/mol. The molecule has 2 aromatic rings. The zero-order chi connectivity index (χ0) is 18.6. The van der Waals surface area contributed by atoms with Crippen LogP contribution in [-0.4, -0.2) is 33.9 Å². The Morgan fingerprint density at radius 1 is 1.24 bits per heavy atom. The van der Waals surface area contributed by atoms with Gasteiger partial charge in [-0.25, -0.2) is 4.79 Å². The Bertz CT molecular complexity index is 855. The molecule has 0 aliphatic rings. The minimum atomic E-state index is -1.02. The van der Waals surface area contributed by atoms with Crippen molar-refractivity contribution in [1.82, 2.24) is 9.88 Å². The summed E-state index contributed by atoms with van der Waals surface area (Å²) in [4.78, 5) is 46.0. The van der Waals surface area contributed by atoms with Crippen LogP contribution in [0.2, 0.25) is 0 Å². The van der Waals surface area contributed by atoms with Gasteiger partial charge in [0.05, 0.1) is 4.92 Å². The predicted molar refractivity (Wildman–Crippen MR) is 86.0 cm³/mol. The summed E-state index contributed by atoms with van der Waals surface area (Å²) in [5, 5.41) is 13.1. The second-order valence-corrected chi connectivity index (χ2v) is 5.19. The van der Waals surface area contributed by atoms with Gasteiger partial charge < -0.3 is 9.30 Å². The zero-order valence-electron chi connectivity index (χ0n) is 13.5. The van der Waals surface area contributed by atoms with E-state index in [0.717, 1.165) is 0 Å². The summed E-state index contributed by atoms with van der Waals surface area (Å²) < 4.78 is 6.29. The number of rotatable bonds is 5. The fraction of sp³-hybridized carbons (Fsp3) is 0.188. The number of esters is 1. The Kier molecular flexibility index (Phi) is 5.28. The van der Waals surface area contributed by atoms with E-state index >= 15 is 0 Å². The third kappa shape index (κ3) is 4.08. The molecule has 0 atom stereocenters. The van der Waals surface area contributed by atoms with Crippen LogP contribution in [-0.2, 0) is 16.6 Å². The van der Waals surface area contributed by atoms with Crippen LogP contribution in [0, 0.1) is 17.0 Å². The molecule has 0 unspecified atom stereocenters. The number of carbonyl (C=O) groups excluding carboxylic acids is 3. The summed E-state index contributed by atoms with van der Waals surface area (Å²) in [6, 6.07) is 7.35. The molecule has 130 valence electrons. The van der Waals surface area contributed by atoms with Crippen LogP contribution < -0.4 is 5.32 Å². The zero-order valence-corrected chi connectivity index (χ0v) is 13.5. The van der Waals surface area contributed by atoms with E-state index in [1.807, 2.05) is 0 Å². The molecule has 1 N–H and O–H groups in total. The van der Waals surface area contributed by atoms with E-state index in [9.17, 15) is 24.5 Å². The molecule has 1 heterocycles. The van der Waals surface area contributed by atoms with Crippen molar-refractivity contribution in [2.45, 2.75) is 6.92 Å². The van der Waals surface area contributed by atoms with Crippen molar-refractivity contribution in [3.05, 3.63) is 63.5 Å². The molecule has 0 aliphatic heterocycles. The van der Waals surface area contributed by atoms with Gasteiger partial charge in [0, 0.05) is 18.8 Å². The fourth-order valence-corrected chi connectivity index (χ4v) is 2.20. The summed E-state index contributed by atoms with van der Waals surface area (Å²) >= 11 is 0. The monoisotopic (exact) mass is 345 g/mol. The molecule has 0 fully saturated rings. The van der Waals surface area contributed by atoms with Crippen LogP contribution in [0.3, 0.4) is 0 Å². The van der Waals surface area contributed by atoms with Gasteiger partial charge in [-0.3, -0.25) is 25.0 Å². The van der Waals surface area contributed by atoms with Crippen molar-refractivity contribution in [3.63, 3.8) is 0 Å². The van der Waals surface area contributed by atoms with Gasteiger partial charge in [0.2, 0.25) is 0 Å². The molecule has 9 heteroatoms. The van der Waals surface area contributed by atoms with Gasteiger partial charge >= 0.3 is 5.97 Å². The molecule has 0 bridgehead atoms. The highest BCUT2D eigenvalue weighted by Gasteiger charge is 2.24. The number of aryl methyl sites for hydroxylation is 2. The Hall–Kier alpha value is -3.49. The van der Waals surface area contributed by atoms with Crippen LogP contribution in [0.5, 0.6) is 0 Å². The number of nitrogens with one attached hydrogen (secondary N) is 1. The number of amides is 2. The van der Waals surface area contributed by atoms with Gasteiger partial charge in [-0.1, -0.05) is 12.1 Å². The van der Waals surface area contributed by atoms with Crippen molar-refractivity contribution in [2.24, 2.45) is 7.05 Å². The Morgan fingerprint density at radius 2 is 1.96 bits per heavy atom. The molecule has 1 aromatic heterocycles. The van der Waals surface area contributed by atoms with Gasteiger partial charge in [0.15, 0.2) is 6.61 Å². The molecule has 0 saturated carbocycles. The number of imide groups is 1. The van der Waals surface area contributed by atoms with Gasteiger partial charge in [-0.05, 0) is 25.1 Å². The second kappa shape index (κ2) is 7.39. The number of benzene rings is 1.